The molecular formula is C13H16ClNO4. The van der Waals surface area contributed by atoms with E-state index in [0.29, 0.717) is 18.5 Å². The zero-order valence-electron chi connectivity index (χ0n) is 10.4. The molecule has 19 heavy (non-hydrogen) atoms. The number of nitrogens with one attached hydrogen (secondary N) is 1. The average molecular weight is 286 g/mol. The highest BCUT2D eigenvalue weighted by atomic mass is 35.5. The molecule has 104 valence electrons. The van der Waals surface area contributed by atoms with E-state index in [4.69, 9.17) is 16.7 Å². The number of amides is 1. The third-order valence-corrected chi connectivity index (χ3v) is 2.87. The Kier molecular flexibility index (Phi) is 6.15. The van der Waals surface area contributed by atoms with Gasteiger partial charge in [-0.15, -0.1) is 0 Å². The van der Waals surface area contributed by atoms with Gasteiger partial charge in [-0.3, -0.25) is 9.59 Å². The molecule has 0 aromatic heterocycles. The summed E-state index contributed by atoms with van der Waals surface area (Å²) in [6.45, 7) is 0.483. The summed E-state index contributed by atoms with van der Waals surface area (Å²) >= 11 is 5.70. The fraction of sp³-hybridized carbons (Fsp3) is 0.385. The first-order valence-electron chi connectivity index (χ1n) is 5.99. The number of halogens is 1. The van der Waals surface area contributed by atoms with Crippen molar-refractivity contribution in [2.75, 3.05) is 6.54 Å². The number of aromatic hydroxyl groups is 1. The van der Waals surface area contributed by atoms with E-state index in [0.717, 1.165) is 12.8 Å². The molecule has 0 radical (unpaired) electrons. The fourth-order valence-corrected chi connectivity index (χ4v) is 1.71. The van der Waals surface area contributed by atoms with Gasteiger partial charge in [0, 0.05) is 18.5 Å². The van der Waals surface area contributed by atoms with Crippen LogP contribution in [0.15, 0.2) is 18.2 Å². The summed E-state index contributed by atoms with van der Waals surface area (Å²) in [4.78, 5) is 22.0. The van der Waals surface area contributed by atoms with Crippen LogP contribution in [-0.2, 0) is 4.79 Å². The molecule has 0 aliphatic heterocycles. The molecule has 0 fully saturated rings. The van der Waals surface area contributed by atoms with Gasteiger partial charge in [-0.25, -0.2) is 0 Å². The summed E-state index contributed by atoms with van der Waals surface area (Å²) in [6, 6.07) is 4.25. The van der Waals surface area contributed by atoms with E-state index in [1.807, 2.05) is 0 Å². The van der Waals surface area contributed by atoms with Gasteiger partial charge in [-0.2, -0.15) is 0 Å². The molecule has 1 amide bonds. The van der Waals surface area contributed by atoms with E-state index in [2.05, 4.69) is 5.32 Å². The second-order valence-corrected chi connectivity index (χ2v) is 4.53. The highest BCUT2D eigenvalue weighted by Crippen LogP contribution is 2.23. The van der Waals surface area contributed by atoms with Crippen molar-refractivity contribution in [2.24, 2.45) is 0 Å². The van der Waals surface area contributed by atoms with E-state index in [1.54, 1.807) is 0 Å². The molecule has 0 unspecified atom stereocenters. The van der Waals surface area contributed by atoms with E-state index in [-0.39, 0.29) is 23.1 Å². The van der Waals surface area contributed by atoms with Crippen molar-refractivity contribution in [1.82, 2.24) is 5.32 Å². The number of unbranched alkanes of at least 4 members (excludes halogenated alkanes) is 2. The summed E-state index contributed by atoms with van der Waals surface area (Å²) in [7, 11) is 0. The van der Waals surface area contributed by atoms with E-state index < -0.39 is 5.97 Å². The first kappa shape index (κ1) is 15.3. The van der Waals surface area contributed by atoms with Crippen molar-refractivity contribution < 1.29 is 19.8 Å². The van der Waals surface area contributed by atoms with E-state index in [9.17, 15) is 14.7 Å². The maximum Gasteiger partial charge on any atom is 0.303 e. The van der Waals surface area contributed by atoms with Crippen molar-refractivity contribution in [1.29, 1.82) is 0 Å². The molecule has 0 atom stereocenters. The highest BCUT2D eigenvalue weighted by molar-refractivity contribution is 6.32. The third kappa shape index (κ3) is 5.61. The molecule has 0 spiro atoms. The average Bonchev–Trinajstić information content (AvgIpc) is 2.36. The van der Waals surface area contributed by atoms with Crippen molar-refractivity contribution in [3.05, 3.63) is 28.8 Å². The maximum atomic E-state index is 11.7. The minimum Gasteiger partial charge on any atom is -0.506 e. The first-order valence-corrected chi connectivity index (χ1v) is 6.37. The Bertz CT molecular complexity index is 462. The van der Waals surface area contributed by atoms with Crippen molar-refractivity contribution >= 4 is 23.5 Å². The number of carbonyl (C=O) groups excluding carboxylic acids is 1. The number of carbonyl (C=O) groups is 2. The highest BCUT2D eigenvalue weighted by Gasteiger charge is 2.07. The monoisotopic (exact) mass is 285 g/mol. The second kappa shape index (κ2) is 7.63. The Hall–Kier alpha value is -1.75. The molecule has 0 aliphatic rings. The Morgan fingerprint density at radius 1 is 1.21 bits per heavy atom. The van der Waals surface area contributed by atoms with E-state index >= 15 is 0 Å². The van der Waals surface area contributed by atoms with Crippen LogP contribution in [0.25, 0.3) is 0 Å². The normalized spacial score (nSPS) is 10.2. The number of rotatable bonds is 7. The number of carboxylic acids is 1. The van der Waals surface area contributed by atoms with Crippen LogP contribution < -0.4 is 5.32 Å². The number of hydrogen-bond acceptors (Lipinski definition) is 3. The molecule has 0 bridgehead atoms. The quantitative estimate of drug-likeness (QED) is 0.672. The number of carboxylic acid groups (broad SMARTS) is 1. The Morgan fingerprint density at radius 3 is 2.58 bits per heavy atom. The molecule has 1 aromatic rings. The number of benzene rings is 1. The molecular weight excluding hydrogens is 270 g/mol. The molecule has 0 heterocycles. The summed E-state index contributed by atoms with van der Waals surface area (Å²) in [5.41, 5.74) is 0.383. The summed E-state index contributed by atoms with van der Waals surface area (Å²) in [5.74, 6) is -1.13. The van der Waals surface area contributed by atoms with Gasteiger partial charge in [0.1, 0.15) is 5.75 Å². The number of aliphatic carboxylic acids is 1. The van der Waals surface area contributed by atoms with Crippen LogP contribution in [0.3, 0.4) is 0 Å². The lowest BCUT2D eigenvalue weighted by atomic mass is 10.2. The van der Waals surface area contributed by atoms with Crippen LogP contribution in [0, 0.1) is 0 Å². The van der Waals surface area contributed by atoms with Crippen LogP contribution in [0.1, 0.15) is 36.0 Å². The van der Waals surface area contributed by atoms with Crippen molar-refractivity contribution in [3.63, 3.8) is 0 Å². The minimum absolute atomic E-state index is 0.0631. The van der Waals surface area contributed by atoms with Gasteiger partial charge in [0.15, 0.2) is 0 Å². The number of phenolic OH excluding ortho intramolecular Hbond substituents is 1. The van der Waals surface area contributed by atoms with Crippen LogP contribution in [-0.4, -0.2) is 28.6 Å². The lowest BCUT2D eigenvalue weighted by molar-refractivity contribution is -0.137. The molecule has 0 saturated carbocycles. The Labute approximate surface area is 116 Å². The zero-order chi connectivity index (χ0) is 14.3. The maximum absolute atomic E-state index is 11.7. The summed E-state index contributed by atoms with van der Waals surface area (Å²) < 4.78 is 0. The summed E-state index contributed by atoms with van der Waals surface area (Å²) in [6.07, 6.45) is 2.24. The lowest BCUT2D eigenvalue weighted by Crippen LogP contribution is -2.24. The topological polar surface area (TPSA) is 86.6 Å². The largest absolute Gasteiger partial charge is 0.506 e. The van der Waals surface area contributed by atoms with Gasteiger partial charge in [0.25, 0.3) is 5.91 Å². The molecule has 6 heteroatoms. The standard InChI is InChI=1S/C13H16ClNO4/c14-10-8-9(5-6-11(10)16)13(19)15-7-3-1-2-4-12(17)18/h5-6,8,16H,1-4,7H2,(H,15,19)(H,17,18). The molecule has 1 rings (SSSR count). The van der Waals surface area contributed by atoms with Crippen LogP contribution in [0.5, 0.6) is 5.75 Å². The number of phenols is 1. The van der Waals surface area contributed by atoms with E-state index in [1.165, 1.54) is 18.2 Å². The molecule has 1 aromatic carbocycles. The van der Waals surface area contributed by atoms with Gasteiger partial charge >= 0.3 is 5.97 Å². The SMILES string of the molecule is O=C(O)CCCCCNC(=O)c1ccc(O)c(Cl)c1. The molecule has 0 saturated heterocycles. The molecule has 3 N–H and O–H groups in total. The molecule has 5 nitrogen and oxygen atoms in total. The zero-order valence-corrected chi connectivity index (χ0v) is 11.1. The fourth-order valence-electron chi connectivity index (χ4n) is 1.53. The van der Waals surface area contributed by atoms with Crippen LogP contribution in [0.4, 0.5) is 0 Å². The van der Waals surface area contributed by atoms with Crippen molar-refractivity contribution in [2.45, 2.75) is 25.7 Å². The third-order valence-electron chi connectivity index (χ3n) is 2.56. The smallest absolute Gasteiger partial charge is 0.303 e. The lowest BCUT2D eigenvalue weighted by Gasteiger charge is -2.06. The van der Waals surface area contributed by atoms with Crippen LogP contribution in [0.2, 0.25) is 5.02 Å². The van der Waals surface area contributed by atoms with Gasteiger partial charge in [0.2, 0.25) is 0 Å². The Morgan fingerprint density at radius 2 is 1.95 bits per heavy atom. The minimum atomic E-state index is -0.803. The van der Waals surface area contributed by atoms with Gasteiger partial charge in [0.05, 0.1) is 5.02 Å². The van der Waals surface area contributed by atoms with Gasteiger partial charge in [-0.05, 0) is 31.0 Å². The second-order valence-electron chi connectivity index (χ2n) is 4.13. The number of hydrogen-bond donors (Lipinski definition) is 3. The molecule has 0 aliphatic carbocycles. The summed E-state index contributed by atoms with van der Waals surface area (Å²) in [5, 5.41) is 20.5. The first-order chi connectivity index (χ1) is 9.00. The Balaban J connectivity index is 2.27. The van der Waals surface area contributed by atoms with Gasteiger partial charge in [-0.1, -0.05) is 18.0 Å². The predicted octanol–water partition coefficient (Wildman–Crippen LogP) is 2.42. The van der Waals surface area contributed by atoms with Crippen LogP contribution >= 0.6 is 11.6 Å². The van der Waals surface area contributed by atoms with Crippen molar-refractivity contribution in [3.8, 4) is 5.75 Å². The van der Waals surface area contributed by atoms with Gasteiger partial charge < -0.3 is 15.5 Å². The predicted molar refractivity (Wildman–Crippen MR) is 71.6 cm³/mol.